The van der Waals surface area contributed by atoms with E-state index >= 15 is 0 Å². The number of hydrogen-bond donors (Lipinski definition) is 1. The second-order valence-corrected chi connectivity index (χ2v) is 8.46. The van der Waals surface area contributed by atoms with Gasteiger partial charge in [0.05, 0.1) is 5.56 Å². The molecule has 142 valence electrons. The molecule has 4 rings (SSSR count). The van der Waals surface area contributed by atoms with Gasteiger partial charge in [0.2, 0.25) is 0 Å². The summed E-state index contributed by atoms with van der Waals surface area (Å²) >= 11 is 1.67. The van der Waals surface area contributed by atoms with Crippen molar-refractivity contribution in [3.8, 4) is 0 Å². The van der Waals surface area contributed by atoms with E-state index in [1.807, 2.05) is 37.4 Å². The lowest BCUT2D eigenvalue weighted by Crippen LogP contribution is -2.14. The van der Waals surface area contributed by atoms with Crippen molar-refractivity contribution in [2.24, 2.45) is 4.99 Å². The molecule has 4 heteroatoms. The van der Waals surface area contributed by atoms with Crippen molar-refractivity contribution in [3.63, 3.8) is 0 Å². The van der Waals surface area contributed by atoms with E-state index in [0.29, 0.717) is 0 Å². The first-order chi connectivity index (χ1) is 13.6. The molecule has 0 aliphatic heterocycles. The summed E-state index contributed by atoms with van der Waals surface area (Å²) in [7, 11) is 0. The number of aryl methyl sites for hydroxylation is 3. The van der Waals surface area contributed by atoms with E-state index in [9.17, 15) is 4.79 Å². The van der Waals surface area contributed by atoms with Crippen molar-refractivity contribution >= 4 is 34.1 Å². The molecule has 0 saturated carbocycles. The van der Waals surface area contributed by atoms with E-state index < -0.39 is 0 Å². The molecular formula is C24H24N2OS. The number of hydrogen-bond acceptors (Lipinski definition) is 3. The maximum absolute atomic E-state index is 13.1. The Morgan fingerprint density at radius 2 is 1.61 bits per heavy atom. The van der Waals surface area contributed by atoms with E-state index in [0.717, 1.165) is 41.1 Å². The van der Waals surface area contributed by atoms with Crippen LogP contribution in [0.3, 0.4) is 0 Å². The summed E-state index contributed by atoms with van der Waals surface area (Å²) in [5, 5.41) is 3.88. The molecule has 1 aromatic heterocycles. The monoisotopic (exact) mass is 388 g/mol. The van der Waals surface area contributed by atoms with Crippen LogP contribution in [0.25, 0.3) is 0 Å². The second-order valence-electron chi connectivity index (χ2n) is 7.38. The van der Waals surface area contributed by atoms with Crippen LogP contribution in [0.5, 0.6) is 0 Å². The van der Waals surface area contributed by atoms with Gasteiger partial charge in [-0.3, -0.25) is 4.79 Å². The minimum atomic E-state index is -0.0562. The SMILES string of the molecule is Cc1ccc(/C=N/c2sc3c(c2C(=O)Nc2ccc(C)cc2)CCCC3)cc1. The molecule has 0 radical (unpaired) electrons. The summed E-state index contributed by atoms with van der Waals surface area (Å²) in [6.45, 7) is 4.11. The molecule has 28 heavy (non-hydrogen) atoms. The lowest BCUT2D eigenvalue weighted by atomic mass is 9.95. The molecule has 0 unspecified atom stereocenters. The number of thiophene rings is 1. The average molecular weight is 389 g/mol. The molecule has 1 N–H and O–H groups in total. The summed E-state index contributed by atoms with van der Waals surface area (Å²) in [5.74, 6) is -0.0562. The van der Waals surface area contributed by atoms with Gasteiger partial charge in [0.1, 0.15) is 5.00 Å². The van der Waals surface area contributed by atoms with Gasteiger partial charge >= 0.3 is 0 Å². The van der Waals surface area contributed by atoms with Gasteiger partial charge in [-0.2, -0.15) is 0 Å². The Hall–Kier alpha value is -2.72. The number of anilines is 1. The zero-order chi connectivity index (χ0) is 19.5. The van der Waals surface area contributed by atoms with E-state index in [1.165, 1.54) is 28.0 Å². The van der Waals surface area contributed by atoms with Crippen molar-refractivity contribution in [1.29, 1.82) is 0 Å². The lowest BCUT2D eigenvalue weighted by Gasteiger charge is -2.13. The molecule has 1 aliphatic rings. The minimum absolute atomic E-state index is 0.0562. The quantitative estimate of drug-likeness (QED) is 0.528. The Labute approximate surface area is 170 Å². The molecule has 0 saturated heterocycles. The summed E-state index contributed by atoms with van der Waals surface area (Å²) in [4.78, 5) is 19.2. The molecule has 0 spiro atoms. The summed E-state index contributed by atoms with van der Waals surface area (Å²) in [6, 6.07) is 16.2. The highest BCUT2D eigenvalue weighted by atomic mass is 32.1. The summed E-state index contributed by atoms with van der Waals surface area (Å²) in [5.41, 5.74) is 6.21. The van der Waals surface area contributed by atoms with Crippen LogP contribution in [0.15, 0.2) is 53.5 Å². The predicted molar refractivity (Wildman–Crippen MR) is 119 cm³/mol. The van der Waals surface area contributed by atoms with E-state index in [4.69, 9.17) is 4.99 Å². The van der Waals surface area contributed by atoms with Gasteiger partial charge in [0.25, 0.3) is 5.91 Å². The highest BCUT2D eigenvalue weighted by Crippen LogP contribution is 2.40. The Bertz CT molecular complexity index is 1010. The minimum Gasteiger partial charge on any atom is -0.322 e. The van der Waals surface area contributed by atoms with Crippen molar-refractivity contribution in [3.05, 3.63) is 81.2 Å². The number of nitrogens with zero attached hydrogens (tertiary/aromatic N) is 1. The molecule has 1 aliphatic carbocycles. The number of carbonyl (C=O) groups excluding carboxylic acids is 1. The average Bonchev–Trinajstić information content (AvgIpc) is 3.08. The Morgan fingerprint density at radius 3 is 2.32 bits per heavy atom. The number of carbonyl (C=O) groups is 1. The number of rotatable bonds is 4. The first kappa shape index (κ1) is 18.6. The zero-order valence-electron chi connectivity index (χ0n) is 16.3. The molecule has 0 atom stereocenters. The highest BCUT2D eigenvalue weighted by molar-refractivity contribution is 7.16. The molecule has 0 bridgehead atoms. The number of nitrogens with one attached hydrogen (secondary N) is 1. The van der Waals surface area contributed by atoms with Gasteiger partial charge in [-0.05, 0) is 62.8 Å². The molecule has 0 fully saturated rings. The van der Waals surface area contributed by atoms with Gasteiger partial charge in [-0.1, -0.05) is 47.5 Å². The van der Waals surface area contributed by atoms with Crippen LogP contribution in [-0.2, 0) is 12.8 Å². The number of benzene rings is 2. The van der Waals surface area contributed by atoms with Crippen LogP contribution in [0, 0.1) is 13.8 Å². The number of aliphatic imine (C=N–C) groups is 1. The fraction of sp³-hybridized carbons (Fsp3) is 0.250. The van der Waals surface area contributed by atoms with Gasteiger partial charge in [-0.15, -0.1) is 11.3 Å². The number of fused-ring (bicyclic) bond motifs is 1. The Kier molecular flexibility index (Phi) is 5.40. The normalized spacial score (nSPS) is 13.5. The first-order valence-electron chi connectivity index (χ1n) is 9.73. The van der Waals surface area contributed by atoms with Gasteiger partial charge in [-0.25, -0.2) is 4.99 Å². The molecule has 1 heterocycles. The van der Waals surface area contributed by atoms with Gasteiger partial charge < -0.3 is 5.32 Å². The third kappa shape index (κ3) is 4.07. The number of amides is 1. The maximum atomic E-state index is 13.1. The Morgan fingerprint density at radius 1 is 0.964 bits per heavy atom. The smallest absolute Gasteiger partial charge is 0.259 e. The fourth-order valence-electron chi connectivity index (χ4n) is 3.49. The Balaban J connectivity index is 1.66. The van der Waals surface area contributed by atoms with E-state index in [-0.39, 0.29) is 5.91 Å². The summed E-state index contributed by atoms with van der Waals surface area (Å²) in [6.07, 6.45) is 6.19. The molecule has 1 amide bonds. The summed E-state index contributed by atoms with van der Waals surface area (Å²) < 4.78 is 0. The van der Waals surface area contributed by atoms with Gasteiger partial charge in [0.15, 0.2) is 0 Å². The largest absolute Gasteiger partial charge is 0.322 e. The van der Waals surface area contributed by atoms with Crippen molar-refractivity contribution < 1.29 is 4.79 Å². The second kappa shape index (κ2) is 8.11. The van der Waals surface area contributed by atoms with Crippen LogP contribution in [0.4, 0.5) is 10.7 Å². The van der Waals surface area contributed by atoms with E-state index in [2.05, 4.69) is 36.5 Å². The van der Waals surface area contributed by atoms with Crippen molar-refractivity contribution in [2.75, 3.05) is 5.32 Å². The van der Waals surface area contributed by atoms with E-state index in [1.54, 1.807) is 11.3 Å². The van der Waals surface area contributed by atoms with Gasteiger partial charge in [0, 0.05) is 16.8 Å². The van der Waals surface area contributed by atoms with Crippen molar-refractivity contribution in [1.82, 2.24) is 0 Å². The zero-order valence-corrected chi connectivity index (χ0v) is 17.1. The standard InChI is InChI=1S/C24H24N2OS/c1-16-7-11-18(12-8-16)15-25-24-22(20-5-3-4-6-21(20)28-24)23(27)26-19-13-9-17(2)10-14-19/h7-15H,3-6H2,1-2H3,(H,26,27)/b25-15+. The highest BCUT2D eigenvalue weighted by Gasteiger charge is 2.25. The van der Waals surface area contributed by atoms with Crippen LogP contribution in [0.1, 0.15) is 50.3 Å². The first-order valence-corrected chi connectivity index (χ1v) is 10.5. The van der Waals surface area contributed by atoms with Crippen LogP contribution in [0.2, 0.25) is 0 Å². The van der Waals surface area contributed by atoms with Crippen LogP contribution >= 0.6 is 11.3 Å². The van der Waals surface area contributed by atoms with Crippen LogP contribution < -0.4 is 5.32 Å². The topological polar surface area (TPSA) is 41.5 Å². The molecule has 3 nitrogen and oxygen atoms in total. The molecular weight excluding hydrogens is 364 g/mol. The van der Waals surface area contributed by atoms with Crippen LogP contribution in [-0.4, -0.2) is 12.1 Å². The molecule has 2 aromatic carbocycles. The van der Waals surface area contributed by atoms with Crippen molar-refractivity contribution in [2.45, 2.75) is 39.5 Å². The third-order valence-electron chi connectivity index (χ3n) is 5.10. The maximum Gasteiger partial charge on any atom is 0.259 e. The third-order valence-corrected chi connectivity index (χ3v) is 6.30. The lowest BCUT2D eigenvalue weighted by molar-refractivity contribution is 0.102. The molecule has 3 aromatic rings. The predicted octanol–water partition coefficient (Wildman–Crippen LogP) is 6.25. The fourth-order valence-corrected chi connectivity index (χ4v) is 4.72.